The fraction of sp³-hybridized carbons (Fsp3) is 0.259. The number of benzene rings is 2. The van der Waals surface area contributed by atoms with Gasteiger partial charge in [-0.25, -0.2) is 14.4 Å². The van der Waals surface area contributed by atoms with Crippen molar-refractivity contribution in [1.29, 1.82) is 0 Å². The molecule has 1 N–H and O–H groups in total. The minimum Gasteiger partial charge on any atom is -0.494 e. The van der Waals surface area contributed by atoms with Crippen LogP contribution in [0.25, 0.3) is 11.0 Å². The van der Waals surface area contributed by atoms with Crippen molar-refractivity contribution >= 4 is 16.9 Å². The SMILES string of the molecule is COc1ccc(C2CC2)c(CNc2ncnc3nn(Cc4ccc(Cn5cccn5)cc4)cc23)c1F. The molecule has 182 valence electrons. The second kappa shape index (κ2) is 9.41. The van der Waals surface area contributed by atoms with Gasteiger partial charge in [-0.2, -0.15) is 10.2 Å². The molecule has 3 aromatic heterocycles. The molecule has 3 heterocycles. The lowest BCUT2D eigenvalue weighted by atomic mass is 10.0. The van der Waals surface area contributed by atoms with Crippen LogP contribution in [-0.2, 0) is 19.6 Å². The maximum atomic E-state index is 15.1. The number of halogens is 1. The molecule has 0 radical (unpaired) electrons. The summed E-state index contributed by atoms with van der Waals surface area (Å²) in [6.07, 6.45) is 9.32. The lowest BCUT2D eigenvalue weighted by Crippen LogP contribution is -2.08. The maximum Gasteiger partial charge on any atom is 0.186 e. The standard InChI is InChI=1S/C27H26FN7O/c1-36-24-10-9-21(20-7-8-20)22(25(24)28)13-29-26-23-16-35(33-27(23)31-17-30-26)15-19-5-3-18(4-6-19)14-34-12-2-11-32-34/h2-6,9-12,16-17,20H,7-8,13-15H2,1H3,(H,29,30,31,33). The number of ether oxygens (including phenoxy) is 1. The highest BCUT2D eigenvalue weighted by atomic mass is 19.1. The Labute approximate surface area is 207 Å². The number of hydrogen-bond acceptors (Lipinski definition) is 6. The molecule has 1 aliphatic carbocycles. The zero-order valence-corrected chi connectivity index (χ0v) is 19.9. The zero-order valence-electron chi connectivity index (χ0n) is 19.9. The van der Waals surface area contributed by atoms with Crippen LogP contribution in [0.2, 0.25) is 0 Å². The van der Waals surface area contributed by atoms with Gasteiger partial charge in [-0.1, -0.05) is 30.3 Å². The molecule has 1 fully saturated rings. The molecule has 5 aromatic rings. The van der Waals surface area contributed by atoms with Gasteiger partial charge in [-0.3, -0.25) is 9.36 Å². The Morgan fingerprint density at radius 3 is 2.50 bits per heavy atom. The summed E-state index contributed by atoms with van der Waals surface area (Å²) in [6, 6.07) is 14.0. The van der Waals surface area contributed by atoms with E-state index in [1.165, 1.54) is 19.0 Å². The van der Waals surface area contributed by atoms with E-state index in [0.717, 1.165) is 35.9 Å². The summed E-state index contributed by atoms with van der Waals surface area (Å²) in [5.41, 5.74) is 4.57. The van der Waals surface area contributed by atoms with Crippen LogP contribution in [0, 0.1) is 5.82 Å². The van der Waals surface area contributed by atoms with E-state index in [9.17, 15) is 0 Å². The highest BCUT2D eigenvalue weighted by Crippen LogP contribution is 2.43. The molecule has 36 heavy (non-hydrogen) atoms. The summed E-state index contributed by atoms with van der Waals surface area (Å²) < 4.78 is 24.1. The van der Waals surface area contributed by atoms with Gasteiger partial charge in [0.2, 0.25) is 0 Å². The summed E-state index contributed by atoms with van der Waals surface area (Å²) in [4.78, 5) is 8.74. The van der Waals surface area contributed by atoms with Crippen molar-refractivity contribution < 1.29 is 9.13 Å². The Morgan fingerprint density at radius 1 is 1.03 bits per heavy atom. The van der Waals surface area contributed by atoms with Crippen molar-refractivity contribution in [3.05, 3.63) is 95.5 Å². The molecule has 0 saturated heterocycles. The number of methoxy groups -OCH3 is 1. The molecule has 0 bridgehead atoms. The van der Waals surface area contributed by atoms with Gasteiger partial charge in [0, 0.05) is 30.7 Å². The van der Waals surface area contributed by atoms with Gasteiger partial charge < -0.3 is 10.1 Å². The fourth-order valence-electron chi connectivity index (χ4n) is 4.53. The van der Waals surface area contributed by atoms with E-state index in [2.05, 4.69) is 49.7 Å². The van der Waals surface area contributed by atoms with Crippen LogP contribution < -0.4 is 10.1 Å². The summed E-state index contributed by atoms with van der Waals surface area (Å²) in [5.74, 6) is 0.991. The average Bonchev–Trinajstić information content (AvgIpc) is 3.44. The Kier molecular flexibility index (Phi) is 5.80. The Balaban J connectivity index is 1.20. The second-order valence-electron chi connectivity index (χ2n) is 9.08. The molecule has 1 aliphatic rings. The van der Waals surface area contributed by atoms with Gasteiger partial charge in [-0.05, 0) is 47.6 Å². The van der Waals surface area contributed by atoms with Gasteiger partial charge in [0.1, 0.15) is 12.1 Å². The molecule has 9 heteroatoms. The molecule has 1 saturated carbocycles. The average molecular weight is 484 g/mol. The van der Waals surface area contributed by atoms with Gasteiger partial charge >= 0.3 is 0 Å². The second-order valence-corrected chi connectivity index (χ2v) is 9.08. The predicted molar refractivity (Wildman–Crippen MR) is 134 cm³/mol. The predicted octanol–water partition coefficient (Wildman–Crippen LogP) is 4.76. The quantitative estimate of drug-likeness (QED) is 0.326. The largest absolute Gasteiger partial charge is 0.494 e. The Morgan fingerprint density at radius 2 is 1.81 bits per heavy atom. The van der Waals surface area contributed by atoms with Gasteiger partial charge in [0.15, 0.2) is 17.2 Å². The molecular weight excluding hydrogens is 457 g/mol. The summed E-state index contributed by atoms with van der Waals surface area (Å²) in [6.45, 7) is 1.65. The van der Waals surface area contributed by atoms with Crippen molar-refractivity contribution in [2.24, 2.45) is 0 Å². The third kappa shape index (κ3) is 4.51. The molecule has 6 rings (SSSR count). The monoisotopic (exact) mass is 483 g/mol. The third-order valence-electron chi connectivity index (χ3n) is 6.55. The van der Waals surface area contributed by atoms with Gasteiger partial charge in [-0.15, -0.1) is 0 Å². The van der Waals surface area contributed by atoms with Crippen LogP contribution in [0.5, 0.6) is 5.75 Å². The number of nitrogens with one attached hydrogen (secondary N) is 1. The summed E-state index contributed by atoms with van der Waals surface area (Å²) in [7, 11) is 1.49. The number of hydrogen-bond donors (Lipinski definition) is 1. The van der Waals surface area contributed by atoms with E-state index >= 15 is 4.39 Å². The van der Waals surface area contributed by atoms with E-state index < -0.39 is 0 Å². The maximum absolute atomic E-state index is 15.1. The lowest BCUT2D eigenvalue weighted by molar-refractivity contribution is 0.384. The Hall–Kier alpha value is -4.27. The van der Waals surface area contributed by atoms with Crippen molar-refractivity contribution in [2.75, 3.05) is 12.4 Å². The van der Waals surface area contributed by atoms with Crippen LogP contribution in [0.15, 0.2) is 67.4 Å². The number of nitrogens with zero attached hydrogens (tertiary/aromatic N) is 6. The first-order valence-electron chi connectivity index (χ1n) is 12.0. The first kappa shape index (κ1) is 22.2. The van der Waals surface area contributed by atoms with Crippen LogP contribution in [-0.4, -0.2) is 36.6 Å². The minimum absolute atomic E-state index is 0.257. The molecule has 0 amide bonds. The molecule has 8 nitrogen and oxygen atoms in total. The fourth-order valence-corrected chi connectivity index (χ4v) is 4.53. The minimum atomic E-state index is -0.314. The van der Waals surface area contributed by atoms with E-state index in [0.29, 0.717) is 36.0 Å². The number of anilines is 1. The van der Waals surface area contributed by atoms with Crippen LogP contribution in [0.4, 0.5) is 10.2 Å². The first-order valence-corrected chi connectivity index (χ1v) is 12.0. The highest BCUT2D eigenvalue weighted by Gasteiger charge is 2.28. The van der Waals surface area contributed by atoms with Crippen molar-refractivity contribution in [3.63, 3.8) is 0 Å². The molecule has 0 unspecified atom stereocenters. The summed E-state index contributed by atoms with van der Waals surface area (Å²) in [5, 5.41) is 13.0. The van der Waals surface area contributed by atoms with Gasteiger partial charge in [0.25, 0.3) is 0 Å². The van der Waals surface area contributed by atoms with E-state index in [-0.39, 0.29) is 11.6 Å². The zero-order chi connectivity index (χ0) is 24.5. The number of fused-ring (bicyclic) bond motifs is 1. The smallest absolute Gasteiger partial charge is 0.186 e. The third-order valence-corrected chi connectivity index (χ3v) is 6.55. The number of aromatic nitrogens is 6. The van der Waals surface area contributed by atoms with E-state index in [1.807, 2.05) is 33.9 Å². The first-order chi connectivity index (χ1) is 17.7. The van der Waals surface area contributed by atoms with Crippen molar-refractivity contribution in [2.45, 2.75) is 38.4 Å². The highest BCUT2D eigenvalue weighted by molar-refractivity contribution is 5.85. The number of rotatable bonds is 9. The van der Waals surface area contributed by atoms with Crippen LogP contribution in [0.1, 0.15) is 41.0 Å². The molecule has 2 aromatic carbocycles. The van der Waals surface area contributed by atoms with Crippen LogP contribution in [0.3, 0.4) is 0 Å². The summed E-state index contributed by atoms with van der Waals surface area (Å²) >= 11 is 0. The van der Waals surface area contributed by atoms with E-state index in [4.69, 9.17) is 4.74 Å². The van der Waals surface area contributed by atoms with Crippen LogP contribution >= 0.6 is 0 Å². The van der Waals surface area contributed by atoms with Crippen molar-refractivity contribution in [3.8, 4) is 5.75 Å². The topological polar surface area (TPSA) is 82.7 Å². The molecular formula is C27H26FN7O. The lowest BCUT2D eigenvalue weighted by Gasteiger charge is -2.14. The Bertz CT molecular complexity index is 1490. The van der Waals surface area contributed by atoms with Gasteiger partial charge in [0.05, 0.1) is 25.6 Å². The normalized spacial score (nSPS) is 13.3. The molecule has 0 spiro atoms. The van der Waals surface area contributed by atoms with E-state index in [1.54, 1.807) is 12.3 Å². The molecule has 0 atom stereocenters. The molecule has 0 aliphatic heterocycles. The van der Waals surface area contributed by atoms with Crippen molar-refractivity contribution in [1.82, 2.24) is 29.5 Å².